The Hall–Kier alpha value is -1.40. The highest BCUT2D eigenvalue weighted by molar-refractivity contribution is 5.69. The predicted molar refractivity (Wildman–Crippen MR) is 67.8 cm³/mol. The van der Waals surface area contributed by atoms with Gasteiger partial charge in [0.25, 0.3) is 5.92 Å². The van der Waals surface area contributed by atoms with E-state index in [1.165, 1.54) is 0 Å². The summed E-state index contributed by atoms with van der Waals surface area (Å²) in [6, 6.07) is -0.513. The molecular weight excluding hydrogens is 272 g/mol. The Morgan fingerprint density at radius 1 is 1.40 bits per heavy atom. The molecular formula is C13H21F2NO4. The van der Waals surface area contributed by atoms with E-state index >= 15 is 0 Å². The molecule has 0 saturated carbocycles. The number of halogens is 2. The maximum atomic E-state index is 13.5. The molecule has 1 amide bonds. The lowest BCUT2D eigenvalue weighted by molar-refractivity contribution is -0.138. The Bertz CT molecular complexity index is 379. The first-order chi connectivity index (χ1) is 9.00. The minimum absolute atomic E-state index is 0.0829. The summed E-state index contributed by atoms with van der Waals surface area (Å²) in [4.78, 5) is 23.5. The van der Waals surface area contributed by atoms with Crippen LogP contribution in [0.15, 0.2) is 0 Å². The normalized spacial score (nSPS) is 22.4. The predicted octanol–water partition coefficient (Wildman–Crippen LogP) is 2.89. The summed E-state index contributed by atoms with van der Waals surface area (Å²) in [5, 5.41) is 8.68. The van der Waals surface area contributed by atoms with Gasteiger partial charge in [0.1, 0.15) is 5.60 Å². The van der Waals surface area contributed by atoms with Gasteiger partial charge in [0.2, 0.25) is 0 Å². The molecule has 1 heterocycles. The van der Waals surface area contributed by atoms with Crippen molar-refractivity contribution in [2.45, 2.75) is 64.0 Å². The lowest BCUT2D eigenvalue weighted by atomic mass is 9.96. The fourth-order valence-electron chi connectivity index (χ4n) is 2.12. The highest BCUT2D eigenvalue weighted by Crippen LogP contribution is 2.32. The molecule has 0 radical (unpaired) electrons. The number of carbonyl (C=O) groups excluding carboxylic acids is 1. The van der Waals surface area contributed by atoms with Crippen LogP contribution in [0.5, 0.6) is 0 Å². The van der Waals surface area contributed by atoms with Gasteiger partial charge < -0.3 is 9.84 Å². The zero-order valence-electron chi connectivity index (χ0n) is 12.0. The van der Waals surface area contributed by atoms with Crippen molar-refractivity contribution < 1.29 is 28.2 Å². The number of amides is 1. The molecule has 1 aliphatic rings. The van der Waals surface area contributed by atoms with Gasteiger partial charge in [0.15, 0.2) is 0 Å². The third-order valence-corrected chi connectivity index (χ3v) is 3.01. The van der Waals surface area contributed by atoms with Crippen molar-refractivity contribution in [1.29, 1.82) is 0 Å². The Kier molecular flexibility index (Phi) is 4.94. The van der Waals surface area contributed by atoms with Crippen LogP contribution in [0.1, 0.15) is 46.5 Å². The van der Waals surface area contributed by atoms with E-state index in [9.17, 15) is 18.4 Å². The van der Waals surface area contributed by atoms with Crippen molar-refractivity contribution in [3.05, 3.63) is 0 Å². The lowest BCUT2D eigenvalue weighted by Gasteiger charge is -2.39. The van der Waals surface area contributed by atoms with E-state index in [2.05, 4.69) is 0 Å². The summed E-state index contributed by atoms with van der Waals surface area (Å²) in [6.07, 6.45) is -1.07. The van der Waals surface area contributed by atoms with Crippen LogP contribution in [-0.4, -0.2) is 46.2 Å². The number of ether oxygens (including phenoxy) is 1. The van der Waals surface area contributed by atoms with Gasteiger partial charge in [0, 0.05) is 18.9 Å². The molecule has 1 N–H and O–H groups in total. The van der Waals surface area contributed by atoms with E-state index < -0.39 is 36.2 Å². The molecule has 1 rings (SSSR count). The minimum atomic E-state index is -2.95. The van der Waals surface area contributed by atoms with Crippen LogP contribution in [0.25, 0.3) is 0 Å². The zero-order valence-corrected chi connectivity index (χ0v) is 12.0. The molecule has 0 bridgehead atoms. The van der Waals surface area contributed by atoms with Crippen molar-refractivity contribution in [2.24, 2.45) is 0 Å². The molecule has 1 fully saturated rings. The van der Waals surface area contributed by atoms with Crippen molar-refractivity contribution in [1.82, 2.24) is 4.90 Å². The summed E-state index contributed by atoms with van der Waals surface area (Å²) in [5.74, 6) is -3.96. The van der Waals surface area contributed by atoms with E-state index in [1.807, 2.05) is 0 Å². The number of likely N-dealkylation sites (tertiary alicyclic amines) is 1. The minimum Gasteiger partial charge on any atom is -0.481 e. The van der Waals surface area contributed by atoms with Crippen LogP contribution >= 0.6 is 0 Å². The molecule has 0 aromatic heterocycles. The standard InChI is InChI=1S/C13H21F2NO4/c1-12(2,3)20-11(19)16-8-13(14,15)7-6-9(16)4-5-10(17)18/h9H,4-8H2,1-3H3,(H,17,18). The van der Waals surface area contributed by atoms with Crippen LogP contribution < -0.4 is 0 Å². The van der Waals surface area contributed by atoms with E-state index in [0.29, 0.717) is 0 Å². The average molecular weight is 293 g/mol. The molecule has 0 aliphatic carbocycles. The number of carboxylic acid groups (broad SMARTS) is 1. The van der Waals surface area contributed by atoms with Crippen LogP contribution in [0.4, 0.5) is 13.6 Å². The maximum absolute atomic E-state index is 13.5. The highest BCUT2D eigenvalue weighted by Gasteiger charge is 2.43. The van der Waals surface area contributed by atoms with E-state index in [4.69, 9.17) is 9.84 Å². The molecule has 0 spiro atoms. The smallest absolute Gasteiger partial charge is 0.410 e. The van der Waals surface area contributed by atoms with Crippen molar-refractivity contribution in [3.63, 3.8) is 0 Å². The Balaban J connectivity index is 2.76. The van der Waals surface area contributed by atoms with Gasteiger partial charge in [-0.05, 0) is 33.6 Å². The van der Waals surface area contributed by atoms with Crippen LogP contribution in [0.2, 0.25) is 0 Å². The number of nitrogens with zero attached hydrogens (tertiary/aromatic N) is 1. The Morgan fingerprint density at radius 3 is 2.50 bits per heavy atom. The Labute approximate surface area is 116 Å². The fraction of sp³-hybridized carbons (Fsp3) is 0.846. The highest BCUT2D eigenvalue weighted by atomic mass is 19.3. The molecule has 0 aromatic carbocycles. The molecule has 5 nitrogen and oxygen atoms in total. The number of hydrogen-bond acceptors (Lipinski definition) is 3. The molecule has 1 saturated heterocycles. The Morgan fingerprint density at radius 2 is 2.00 bits per heavy atom. The summed E-state index contributed by atoms with van der Waals surface area (Å²) >= 11 is 0. The van der Waals surface area contributed by atoms with E-state index in [0.717, 1.165) is 4.90 Å². The van der Waals surface area contributed by atoms with Crippen molar-refractivity contribution >= 4 is 12.1 Å². The second-order valence-electron chi connectivity index (χ2n) is 6.09. The summed E-state index contributed by atoms with van der Waals surface area (Å²) in [7, 11) is 0. The maximum Gasteiger partial charge on any atom is 0.410 e. The summed E-state index contributed by atoms with van der Waals surface area (Å²) < 4.78 is 32.0. The summed E-state index contributed by atoms with van der Waals surface area (Å²) in [6.45, 7) is 4.24. The van der Waals surface area contributed by atoms with E-state index in [-0.39, 0.29) is 25.7 Å². The quantitative estimate of drug-likeness (QED) is 0.869. The van der Waals surface area contributed by atoms with Crippen LogP contribution in [0, 0.1) is 0 Å². The SMILES string of the molecule is CC(C)(C)OC(=O)N1CC(F)(F)CCC1CCC(=O)O. The number of piperidine rings is 1. The summed E-state index contributed by atoms with van der Waals surface area (Å²) in [5.41, 5.74) is -0.777. The molecule has 20 heavy (non-hydrogen) atoms. The topological polar surface area (TPSA) is 66.8 Å². The molecule has 1 unspecified atom stereocenters. The first-order valence-electron chi connectivity index (χ1n) is 6.59. The lowest BCUT2D eigenvalue weighted by Crippen LogP contribution is -2.52. The zero-order chi connectivity index (χ0) is 15.6. The van der Waals surface area contributed by atoms with Gasteiger partial charge in [0.05, 0.1) is 6.54 Å². The third kappa shape index (κ3) is 5.30. The van der Waals surface area contributed by atoms with Crippen LogP contribution in [0.3, 0.4) is 0 Å². The average Bonchev–Trinajstić information content (AvgIpc) is 2.23. The second-order valence-corrected chi connectivity index (χ2v) is 6.09. The first-order valence-corrected chi connectivity index (χ1v) is 6.59. The fourth-order valence-corrected chi connectivity index (χ4v) is 2.12. The number of hydrogen-bond donors (Lipinski definition) is 1. The first kappa shape index (κ1) is 16.7. The molecule has 7 heteroatoms. The molecule has 0 aromatic rings. The number of carboxylic acids is 1. The molecule has 116 valence electrons. The van der Waals surface area contributed by atoms with Crippen molar-refractivity contribution in [3.8, 4) is 0 Å². The van der Waals surface area contributed by atoms with Gasteiger partial charge in [-0.1, -0.05) is 0 Å². The second kappa shape index (κ2) is 5.93. The molecule has 1 atom stereocenters. The van der Waals surface area contributed by atoms with Crippen molar-refractivity contribution in [2.75, 3.05) is 6.54 Å². The van der Waals surface area contributed by atoms with Gasteiger partial charge in [-0.25, -0.2) is 13.6 Å². The molecule has 1 aliphatic heterocycles. The van der Waals surface area contributed by atoms with E-state index in [1.54, 1.807) is 20.8 Å². The van der Waals surface area contributed by atoms with Gasteiger partial charge >= 0.3 is 12.1 Å². The number of carbonyl (C=O) groups is 2. The van der Waals surface area contributed by atoms with Gasteiger partial charge in [-0.3, -0.25) is 9.69 Å². The van der Waals surface area contributed by atoms with Gasteiger partial charge in [-0.15, -0.1) is 0 Å². The number of aliphatic carboxylic acids is 1. The van der Waals surface area contributed by atoms with Gasteiger partial charge in [-0.2, -0.15) is 0 Å². The monoisotopic (exact) mass is 293 g/mol. The number of alkyl halides is 2. The largest absolute Gasteiger partial charge is 0.481 e. The van der Waals surface area contributed by atoms with Crippen LogP contribution in [-0.2, 0) is 9.53 Å². The third-order valence-electron chi connectivity index (χ3n) is 3.01. The number of rotatable bonds is 3.